The summed E-state index contributed by atoms with van der Waals surface area (Å²) < 4.78 is 50.0. The number of hydrogen-bond acceptors (Lipinski definition) is 4. The van der Waals surface area contributed by atoms with Gasteiger partial charge in [-0.2, -0.15) is 13.2 Å². The van der Waals surface area contributed by atoms with E-state index in [-0.39, 0.29) is 18.1 Å². The van der Waals surface area contributed by atoms with Crippen LogP contribution in [-0.2, 0) is 10.9 Å². The van der Waals surface area contributed by atoms with Gasteiger partial charge in [0.1, 0.15) is 11.9 Å². The first-order valence-electron chi connectivity index (χ1n) is 13.2. The number of hydrogen-bond donors (Lipinski definition) is 2. The Bertz CT molecular complexity index is 1110. The average Bonchev–Trinajstić information content (AvgIpc) is 2.86. The Balaban J connectivity index is 1.23. The van der Waals surface area contributed by atoms with Crippen LogP contribution in [0.15, 0.2) is 48.5 Å². The van der Waals surface area contributed by atoms with Gasteiger partial charge in [0.05, 0.1) is 18.2 Å². The van der Waals surface area contributed by atoms with Crippen molar-refractivity contribution in [2.45, 2.75) is 62.8 Å². The van der Waals surface area contributed by atoms with Crippen molar-refractivity contribution in [1.29, 1.82) is 0 Å². The molecule has 6 rings (SSSR count). The smallest absolute Gasteiger partial charge is 0.416 e. The number of nitrogens with one attached hydrogen (secondary N) is 2. The second kappa shape index (κ2) is 10.5. The molecule has 6 nitrogen and oxygen atoms in total. The third kappa shape index (κ3) is 5.92. The van der Waals surface area contributed by atoms with Gasteiger partial charge in [0.15, 0.2) is 0 Å². The number of alkyl halides is 3. The molecule has 9 heteroatoms. The summed E-state index contributed by atoms with van der Waals surface area (Å²) in [4.78, 5) is 24.6. The van der Waals surface area contributed by atoms with E-state index < -0.39 is 23.8 Å². The van der Waals surface area contributed by atoms with Gasteiger partial charge >= 0.3 is 18.2 Å². The average molecular weight is 531 g/mol. The molecule has 2 amide bonds. The van der Waals surface area contributed by atoms with Gasteiger partial charge in [-0.3, -0.25) is 0 Å². The maximum atomic E-state index is 13.1. The van der Waals surface area contributed by atoms with Crippen LogP contribution in [-0.4, -0.2) is 31.2 Å². The summed E-state index contributed by atoms with van der Waals surface area (Å²) in [5, 5.41) is 6.21. The number of methoxy groups -OCH3 is 1. The summed E-state index contributed by atoms with van der Waals surface area (Å²) in [6.45, 7) is 0.282. The number of rotatable bonds is 8. The zero-order valence-corrected chi connectivity index (χ0v) is 21.4. The van der Waals surface area contributed by atoms with E-state index in [4.69, 9.17) is 9.47 Å². The van der Waals surface area contributed by atoms with Crippen molar-refractivity contribution >= 4 is 12.0 Å². The number of benzene rings is 2. The fourth-order valence-electron chi connectivity index (χ4n) is 7.00. The maximum Gasteiger partial charge on any atom is 0.416 e. The summed E-state index contributed by atoms with van der Waals surface area (Å²) in [5.41, 5.74) is 0.0617. The standard InChI is InChI=1S/C29H33F3N2O4/c1-37-26(35)22-4-8-24(9-5-22)38-25(21-2-6-23(7-3-21)29(30,31)32)10-11-33-27(36)34-28-15-18-12-19(16-28)14-20(13-18)17-28/h2-9,18-20,25H,10-17H2,1H3,(H2,33,34,36). The van der Waals surface area contributed by atoms with Crippen LogP contribution in [0.1, 0.15) is 72.5 Å². The third-order valence-electron chi connectivity index (χ3n) is 8.27. The Morgan fingerprint density at radius 1 is 0.947 bits per heavy atom. The van der Waals surface area contributed by atoms with Crippen molar-refractivity contribution in [3.8, 4) is 5.75 Å². The van der Waals surface area contributed by atoms with E-state index in [1.54, 1.807) is 24.3 Å². The Kier molecular flexibility index (Phi) is 7.29. The van der Waals surface area contributed by atoms with Gasteiger partial charge in [0.25, 0.3) is 0 Å². The second-order valence-electron chi connectivity index (χ2n) is 11.1. The highest BCUT2D eigenvalue weighted by atomic mass is 19.4. The van der Waals surface area contributed by atoms with Gasteiger partial charge in [0, 0.05) is 18.5 Å². The molecule has 2 aromatic rings. The number of ether oxygens (including phenoxy) is 2. The number of halogens is 3. The molecule has 0 saturated heterocycles. The van der Waals surface area contributed by atoms with Crippen LogP contribution < -0.4 is 15.4 Å². The highest BCUT2D eigenvalue weighted by Crippen LogP contribution is 2.55. The molecule has 4 aliphatic rings. The number of urea groups is 1. The first-order chi connectivity index (χ1) is 18.1. The van der Waals surface area contributed by atoms with Crippen molar-refractivity contribution < 1.29 is 32.2 Å². The number of amides is 2. The van der Waals surface area contributed by atoms with Crippen molar-refractivity contribution in [3.05, 3.63) is 65.2 Å². The largest absolute Gasteiger partial charge is 0.486 e. The quantitative estimate of drug-likeness (QED) is 0.395. The summed E-state index contributed by atoms with van der Waals surface area (Å²) in [6.07, 6.45) is 2.30. The van der Waals surface area contributed by atoms with Crippen molar-refractivity contribution in [2.24, 2.45) is 17.8 Å². The Morgan fingerprint density at radius 2 is 1.53 bits per heavy atom. The predicted molar refractivity (Wildman–Crippen MR) is 135 cm³/mol. The molecule has 0 heterocycles. The van der Waals surface area contributed by atoms with Crippen LogP contribution in [0.4, 0.5) is 18.0 Å². The van der Waals surface area contributed by atoms with Crippen molar-refractivity contribution in [2.75, 3.05) is 13.7 Å². The topological polar surface area (TPSA) is 76.7 Å². The molecular formula is C29H33F3N2O4. The van der Waals surface area contributed by atoms with Crippen LogP contribution in [0, 0.1) is 17.8 Å². The van der Waals surface area contributed by atoms with E-state index in [0.717, 1.165) is 31.4 Å². The Morgan fingerprint density at radius 3 is 2.05 bits per heavy atom. The lowest BCUT2D eigenvalue weighted by Crippen LogP contribution is -2.61. The predicted octanol–water partition coefficient (Wildman–Crippen LogP) is 6.27. The van der Waals surface area contributed by atoms with Crippen LogP contribution in [0.2, 0.25) is 0 Å². The van der Waals surface area contributed by atoms with Gasteiger partial charge < -0.3 is 20.1 Å². The van der Waals surface area contributed by atoms with Gasteiger partial charge in [-0.15, -0.1) is 0 Å². The minimum atomic E-state index is -4.44. The summed E-state index contributed by atoms with van der Waals surface area (Å²) in [6, 6.07) is 11.0. The first kappa shape index (κ1) is 26.4. The summed E-state index contributed by atoms with van der Waals surface area (Å²) in [7, 11) is 1.29. The summed E-state index contributed by atoms with van der Waals surface area (Å²) >= 11 is 0. The van der Waals surface area contributed by atoms with Crippen molar-refractivity contribution in [1.82, 2.24) is 10.6 Å². The van der Waals surface area contributed by atoms with E-state index >= 15 is 0 Å². The zero-order chi connectivity index (χ0) is 26.9. The van der Waals surface area contributed by atoms with Gasteiger partial charge in [-0.05, 0) is 98.2 Å². The highest BCUT2D eigenvalue weighted by Gasteiger charge is 2.51. The van der Waals surface area contributed by atoms with Crippen LogP contribution in [0.3, 0.4) is 0 Å². The molecule has 4 fully saturated rings. The number of carbonyl (C=O) groups is 2. The van der Waals surface area contributed by atoms with Crippen LogP contribution in [0.5, 0.6) is 5.75 Å². The van der Waals surface area contributed by atoms with E-state index in [0.29, 0.717) is 41.1 Å². The van der Waals surface area contributed by atoms with Gasteiger partial charge in [0.2, 0.25) is 0 Å². The fourth-order valence-corrected chi connectivity index (χ4v) is 7.00. The van der Waals surface area contributed by atoms with Gasteiger partial charge in [-0.1, -0.05) is 12.1 Å². The molecule has 2 aromatic carbocycles. The van der Waals surface area contributed by atoms with E-state index in [2.05, 4.69) is 10.6 Å². The SMILES string of the molecule is COC(=O)c1ccc(OC(CCNC(=O)NC23CC4CC(CC(C4)C2)C3)c2ccc(C(F)(F)F)cc2)cc1. The normalized spacial score (nSPS) is 26.5. The molecule has 4 saturated carbocycles. The molecule has 0 spiro atoms. The molecule has 0 aliphatic heterocycles. The molecule has 4 aliphatic carbocycles. The fraction of sp³-hybridized carbons (Fsp3) is 0.517. The minimum Gasteiger partial charge on any atom is -0.486 e. The Hall–Kier alpha value is -3.23. The van der Waals surface area contributed by atoms with E-state index in [1.165, 1.54) is 38.5 Å². The van der Waals surface area contributed by atoms with Crippen LogP contribution in [0.25, 0.3) is 0 Å². The van der Waals surface area contributed by atoms with Crippen molar-refractivity contribution in [3.63, 3.8) is 0 Å². The highest BCUT2D eigenvalue weighted by molar-refractivity contribution is 5.89. The van der Waals surface area contributed by atoms with E-state index in [9.17, 15) is 22.8 Å². The van der Waals surface area contributed by atoms with Gasteiger partial charge in [-0.25, -0.2) is 9.59 Å². The van der Waals surface area contributed by atoms with E-state index in [1.807, 2.05) is 0 Å². The minimum absolute atomic E-state index is 0.108. The lowest BCUT2D eigenvalue weighted by atomic mass is 9.53. The lowest BCUT2D eigenvalue weighted by Gasteiger charge is -2.56. The number of carbonyl (C=O) groups excluding carboxylic acids is 2. The molecule has 38 heavy (non-hydrogen) atoms. The molecular weight excluding hydrogens is 497 g/mol. The molecule has 2 N–H and O–H groups in total. The molecule has 0 radical (unpaired) electrons. The molecule has 1 unspecified atom stereocenters. The third-order valence-corrected chi connectivity index (χ3v) is 8.27. The second-order valence-corrected chi connectivity index (χ2v) is 11.1. The first-order valence-corrected chi connectivity index (χ1v) is 13.2. The summed E-state index contributed by atoms with van der Waals surface area (Å²) in [5.74, 6) is 2.10. The molecule has 1 atom stereocenters. The molecule has 0 aromatic heterocycles. The lowest BCUT2D eigenvalue weighted by molar-refractivity contribution is -0.137. The molecule has 204 valence electrons. The monoisotopic (exact) mass is 530 g/mol. The zero-order valence-electron chi connectivity index (χ0n) is 21.4. The molecule has 4 bridgehead atoms. The maximum absolute atomic E-state index is 13.1. The van der Waals surface area contributed by atoms with Crippen LogP contribution >= 0.6 is 0 Å². The Labute approximate surface area is 220 Å². The number of esters is 1.